The van der Waals surface area contributed by atoms with Crippen molar-refractivity contribution in [1.82, 2.24) is 16.0 Å². The van der Waals surface area contributed by atoms with E-state index < -0.39 is 0 Å². The number of likely N-dealkylation sites (N-methyl/N-ethyl adjacent to an activating group) is 3. The standard InChI is InChI=1S/C5H16N4/c1-7-5(4-6,8-2)9-3/h7-9H,4,6H2,1-3H3. The van der Waals surface area contributed by atoms with Gasteiger partial charge in [-0.1, -0.05) is 0 Å². The topological polar surface area (TPSA) is 62.1 Å². The van der Waals surface area contributed by atoms with Crippen molar-refractivity contribution >= 4 is 0 Å². The fraction of sp³-hybridized carbons (Fsp3) is 1.00. The van der Waals surface area contributed by atoms with Crippen LogP contribution in [0.5, 0.6) is 0 Å². The van der Waals surface area contributed by atoms with Gasteiger partial charge in [0, 0.05) is 6.54 Å². The molecule has 5 N–H and O–H groups in total. The maximum Gasteiger partial charge on any atom is 0.135 e. The minimum absolute atomic E-state index is 0.306. The van der Waals surface area contributed by atoms with Crippen LogP contribution in [-0.4, -0.2) is 33.5 Å². The highest BCUT2D eigenvalue weighted by atomic mass is 15.3. The molecule has 4 heteroatoms. The minimum Gasteiger partial charge on any atom is -0.326 e. The summed E-state index contributed by atoms with van der Waals surface area (Å²) in [5.41, 5.74) is 5.45. The van der Waals surface area contributed by atoms with Gasteiger partial charge in [0.25, 0.3) is 0 Å². The van der Waals surface area contributed by atoms with Gasteiger partial charge in [0.15, 0.2) is 0 Å². The van der Waals surface area contributed by atoms with Crippen molar-refractivity contribution < 1.29 is 0 Å². The smallest absolute Gasteiger partial charge is 0.135 e. The lowest BCUT2D eigenvalue weighted by molar-refractivity contribution is 0.256. The summed E-state index contributed by atoms with van der Waals surface area (Å²) < 4.78 is 0. The van der Waals surface area contributed by atoms with Crippen LogP contribution in [0.4, 0.5) is 0 Å². The van der Waals surface area contributed by atoms with Gasteiger partial charge in [-0.05, 0) is 21.1 Å². The molecule has 0 amide bonds. The molecule has 0 aliphatic carbocycles. The monoisotopic (exact) mass is 132 g/mol. The van der Waals surface area contributed by atoms with E-state index in [4.69, 9.17) is 5.73 Å². The fourth-order valence-corrected chi connectivity index (χ4v) is 0.681. The first kappa shape index (κ1) is 8.84. The molecule has 9 heavy (non-hydrogen) atoms. The molecule has 0 saturated heterocycles. The first-order chi connectivity index (χ1) is 4.24. The van der Waals surface area contributed by atoms with Crippen molar-refractivity contribution in [1.29, 1.82) is 0 Å². The van der Waals surface area contributed by atoms with Crippen molar-refractivity contribution in [3.8, 4) is 0 Å². The van der Waals surface area contributed by atoms with Gasteiger partial charge in [0.2, 0.25) is 0 Å². The molecular weight excluding hydrogens is 116 g/mol. The summed E-state index contributed by atoms with van der Waals surface area (Å²) in [5.74, 6) is -0.306. The maximum atomic E-state index is 5.45. The first-order valence-electron chi connectivity index (χ1n) is 3.01. The van der Waals surface area contributed by atoms with Crippen molar-refractivity contribution in [2.45, 2.75) is 5.79 Å². The van der Waals surface area contributed by atoms with Gasteiger partial charge in [-0.3, -0.25) is 16.0 Å². The van der Waals surface area contributed by atoms with E-state index >= 15 is 0 Å². The van der Waals surface area contributed by atoms with Crippen molar-refractivity contribution in [2.75, 3.05) is 27.7 Å². The minimum atomic E-state index is -0.306. The van der Waals surface area contributed by atoms with E-state index in [1.807, 2.05) is 21.1 Å². The van der Waals surface area contributed by atoms with E-state index in [1.165, 1.54) is 0 Å². The largest absolute Gasteiger partial charge is 0.326 e. The van der Waals surface area contributed by atoms with Gasteiger partial charge in [0.05, 0.1) is 0 Å². The Morgan fingerprint density at radius 3 is 1.44 bits per heavy atom. The number of hydrogen-bond donors (Lipinski definition) is 4. The third kappa shape index (κ3) is 1.91. The SMILES string of the molecule is CNC(CN)(NC)NC. The highest BCUT2D eigenvalue weighted by Gasteiger charge is 2.19. The van der Waals surface area contributed by atoms with E-state index in [2.05, 4.69) is 16.0 Å². The van der Waals surface area contributed by atoms with Crippen molar-refractivity contribution in [3.05, 3.63) is 0 Å². The van der Waals surface area contributed by atoms with Crippen LogP contribution in [0.25, 0.3) is 0 Å². The van der Waals surface area contributed by atoms with E-state index in [0.717, 1.165) is 0 Å². The van der Waals surface area contributed by atoms with E-state index in [-0.39, 0.29) is 5.79 Å². The molecule has 0 fully saturated rings. The third-order valence-electron chi connectivity index (χ3n) is 1.59. The quantitative estimate of drug-likeness (QED) is 0.343. The second-order valence-corrected chi connectivity index (χ2v) is 1.86. The van der Waals surface area contributed by atoms with Gasteiger partial charge in [-0.25, -0.2) is 0 Å². The lowest BCUT2D eigenvalue weighted by Crippen LogP contribution is -2.67. The average Bonchev–Trinajstić information content (AvgIpc) is 1.95. The zero-order chi connectivity index (χ0) is 7.33. The molecule has 56 valence electrons. The molecule has 0 aromatic carbocycles. The van der Waals surface area contributed by atoms with Crippen LogP contribution in [-0.2, 0) is 0 Å². The zero-order valence-electron chi connectivity index (χ0n) is 6.28. The Bertz CT molecular complexity index is 51.8. The van der Waals surface area contributed by atoms with Gasteiger partial charge >= 0.3 is 0 Å². The van der Waals surface area contributed by atoms with Crippen molar-refractivity contribution in [3.63, 3.8) is 0 Å². The molecule has 0 aliphatic rings. The molecule has 0 aliphatic heterocycles. The molecule has 0 aromatic rings. The van der Waals surface area contributed by atoms with E-state index in [9.17, 15) is 0 Å². The Kier molecular flexibility index (Phi) is 3.72. The maximum absolute atomic E-state index is 5.45. The first-order valence-corrected chi connectivity index (χ1v) is 3.01. The van der Waals surface area contributed by atoms with Crippen LogP contribution >= 0.6 is 0 Å². The van der Waals surface area contributed by atoms with Crippen LogP contribution < -0.4 is 21.7 Å². The highest BCUT2D eigenvalue weighted by molar-refractivity contribution is 4.78. The predicted molar refractivity (Wildman–Crippen MR) is 39.0 cm³/mol. The van der Waals surface area contributed by atoms with Gasteiger partial charge < -0.3 is 5.73 Å². The Morgan fingerprint density at radius 1 is 1.11 bits per heavy atom. The molecule has 0 atom stereocenters. The summed E-state index contributed by atoms with van der Waals surface area (Å²) >= 11 is 0. The summed E-state index contributed by atoms with van der Waals surface area (Å²) in [4.78, 5) is 0. The molecule has 4 nitrogen and oxygen atoms in total. The Hall–Kier alpha value is -0.160. The van der Waals surface area contributed by atoms with Crippen LogP contribution in [0.2, 0.25) is 0 Å². The molecule has 0 radical (unpaired) electrons. The molecule has 0 heterocycles. The van der Waals surface area contributed by atoms with Gasteiger partial charge in [-0.15, -0.1) is 0 Å². The predicted octanol–water partition coefficient (Wildman–Crippen LogP) is -1.74. The molecule has 0 spiro atoms. The van der Waals surface area contributed by atoms with E-state index in [1.54, 1.807) is 0 Å². The molecule has 0 saturated carbocycles. The fourth-order valence-electron chi connectivity index (χ4n) is 0.681. The highest BCUT2D eigenvalue weighted by Crippen LogP contribution is 1.84. The Morgan fingerprint density at radius 2 is 1.44 bits per heavy atom. The summed E-state index contributed by atoms with van der Waals surface area (Å²) in [6, 6.07) is 0. The summed E-state index contributed by atoms with van der Waals surface area (Å²) in [7, 11) is 5.54. The van der Waals surface area contributed by atoms with Gasteiger partial charge in [0.1, 0.15) is 5.79 Å². The average molecular weight is 132 g/mol. The molecular formula is C5H16N4. The van der Waals surface area contributed by atoms with E-state index in [0.29, 0.717) is 6.54 Å². The Balaban J connectivity index is 3.82. The Labute approximate surface area is 56.2 Å². The molecule has 0 rings (SSSR count). The van der Waals surface area contributed by atoms with Crippen molar-refractivity contribution in [2.24, 2.45) is 5.73 Å². The lowest BCUT2D eigenvalue weighted by atomic mass is 10.3. The second-order valence-electron chi connectivity index (χ2n) is 1.86. The summed E-state index contributed by atoms with van der Waals surface area (Å²) in [6.45, 7) is 0.510. The number of rotatable bonds is 4. The number of nitrogens with two attached hydrogens (primary N) is 1. The molecule has 0 aromatic heterocycles. The van der Waals surface area contributed by atoms with Crippen LogP contribution in [0.15, 0.2) is 0 Å². The summed E-state index contributed by atoms with van der Waals surface area (Å²) in [6.07, 6.45) is 0. The van der Waals surface area contributed by atoms with Gasteiger partial charge in [-0.2, -0.15) is 0 Å². The van der Waals surface area contributed by atoms with Crippen LogP contribution in [0.3, 0.4) is 0 Å². The van der Waals surface area contributed by atoms with Crippen LogP contribution in [0.1, 0.15) is 0 Å². The zero-order valence-corrected chi connectivity index (χ0v) is 6.28. The lowest BCUT2D eigenvalue weighted by Gasteiger charge is -2.30. The molecule has 0 unspecified atom stereocenters. The third-order valence-corrected chi connectivity index (χ3v) is 1.59. The normalized spacial score (nSPS) is 12.0. The second kappa shape index (κ2) is 3.79. The van der Waals surface area contributed by atoms with Crippen LogP contribution in [0, 0.1) is 0 Å². The summed E-state index contributed by atoms with van der Waals surface area (Å²) in [5, 5.41) is 9.05. The number of hydrogen-bond acceptors (Lipinski definition) is 4. The number of nitrogens with one attached hydrogen (secondary N) is 3. The molecule has 0 bridgehead atoms.